The molecule has 0 saturated carbocycles. The SMILES string of the molecule is CC(C)Cn1cc(NC(C)c2ccc(N3CCC(O)CC3)cc2)cn1. The van der Waals surface area contributed by atoms with Crippen LogP contribution >= 0.6 is 0 Å². The van der Waals surface area contributed by atoms with Crippen LogP contribution in [0.25, 0.3) is 0 Å². The molecule has 0 bridgehead atoms. The maximum absolute atomic E-state index is 9.64. The van der Waals surface area contributed by atoms with Gasteiger partial charge in [0, 0.05) is 37.6 Å². The number of anilines is 2. The largest absolute Gasteiger partial charge is 0.393 e. The van der Waals surface area contributed by atoms with Crippen molar-refractivity contribution in [1.82, 2.24) is 9.78 Å². The van der Waals surface area contributed by atoms with Crippen LogP contribution in [-0.4, -0.2) is 34.1 Å². The molecule has 1 aromatic heterocycles. The second-order valence-corrected chi connectivity index (χ2v) is 7.52. The van der Waals surface area contributed by atoms with E-state index in [1.165, 1.54) is 11.3 Å². The minimum atomic E-state index is -0.128. The zero-order chi connectivity index (χ0) is 17.8. The lowest BCUT2D eigenvalue weighted by molar-refractivity contribution is 0.145. The smallest absolute Gasteiger partial charge is 0.0731 e. The molecule has 136 valence electrons. The summed E-state index contributed by atoms with van der Waals surface area (Å²) in [5, 5.41) is 17.6. The van der Waals surface area contributed by atoms with E-state index in [0.717, 1.165) is 38.2 Å². The molecule has 1 atom stereocenters. The number of rotatable bonds is 6. The van der Waals surface area contributed by atoms with Gasteiger partial charge in [-0.2, -0.15) is 5.10 Å². The van der Waals surface area contributed by atoms with Crippen LogP contribution in [0.2, 0.25) is 0 Å². The minimum Gasteiger partial charge on any atom is -0.393 e. The monoisotopic (exact) mass is 342 g/mol. The van der Waals surface area contributed by atoms with E-state index in [4.69, 9.17) is 0 Å². The predicted molar refractivity (Wildman–Crippen MR) is 103 cm³/mol. The van der Waals surface area contributed by atoms with E-state index in [9.17, 15) is 5.11 Å². The van der Waals surface area contributed by atoms with E-state index in [2.05, 4.69) is 66.5 Å². The van der Waals surface area contributed by atoms with Gasteiger partial charge in [0.2, 0.25) is 0 Å². The molecule has 1 fully saturated rings. The van der Waals surface area contributed by atoms with Gasteiger partial charge in [0.25, 0.3) is 0 Å². The minimum absolute atomic E-state index is 0.128. The third-order valence-corrected chi connectivity index (χ3v) is 4.79. The Kier molecular flexibility index (Phi) is 5.63. The number of nitrogens with one attached hydrogen (secondary N) is 1. The summed E-state index contributed by atoms with van der Waals surface area (Å²) in [5.41, 5.74) is 3.56. The number of benzene rings is 1. The maximum atomic E-state index is 9.64. The molecule has 5 nitrogen and oxygen atoms in total. The first kappa shape index (κ1) is 17.8. The molecule has 1 aliphatic rings. The van der Waals surface area contributed by atoms with Crippen LogP contribution in [-0.2, 0) is 6.54 Å². The summed E-state index contributed by atoms with van der Waals surface area (Å²) in [7, 11) is 0. The molecule has 2 aromatic rings. The van der Waals surface area contributed by atoms with Crippen molar-refractivity contribution in [3.63, 3.8) is 0 Å². The number of aliphatic hydroxyl groups excluding tert-OH is 1. The summed E-state index contributed by atoms with van der Waals surface area (Å²) in [4.78, 5) is 2.35. The Balaban J connectivity index is 1.58. The van der Waals surface area contributed by atoms with E-state index in [-0.39, 0.29) is 12.1 Å². The van der Waals surface area contributed by atoms with Gasteiger partial charge in [-0.25, -0.2) is 0 Å². The molecule has 0 amide bonds. The van der Waals surface area contributed by atoms with Crippen LogP contribution in [0.5, 0.6) is 0 Å². The molecule has 0 aliphatic carbocycles. The topological polar surface area (TPSA) is 53.3 Å². The highest BCUT2D eigenvalue weighted by Gasteiger charge is 2.17. The number of piperidine rings is 1. The van der Waals surface area contributed by atoms with Gasteiger partial charge in [-0.05, 0) is 43.4 Å². The third-order valence-electron chi connectivity index (χ3n) is 4.79. The van der Waals surface area contributed by atoms with Crippen LogP contribution in [0, 0.1) is 5.92 Å². The summed E-state index contributed by atoms with van der Waals surface area (Å²) in [6, 6.07) is 8.99. The van der Waals surface area contributed by atoms with Gasteiger partial charge in [0.1, 0.15) is 0 Å². The lowest BCUT2D eigenvalue weighted by Gasteiger charge is -2.31. The van der Waals surface area contributed by atoms with Gasteiger partial charge in [-0.3, -0.25) is 4.68 Å². The fraction of sp³-hybridized carbons (Fsp3) is 0.550. The quantitative estimate of drug-likeness (QED) is 0.841. The Hall–Kier alpha value is -2.01. The van der Waals surface area contributed by atoms with Crippen LogP contribution in [0.4, 0.5) is 11.4 Å². The summed E-state index contributed by atoms with van der Waals surface area (Å²) in [5.74, 6) is 0.591. The highest BCUT2D eigenvalue weighted by Crippen LogP contribution is 2.24. The van der Waals surface area contributed by atoms with E-state index in [1.54, 1.807) is 0 Å². The highest BCUT2D eigenvalue weighted by atomic mass is 16.3. The number of aliphatic hydroxyl groups is 1. The van der Waals surface area contributed by atoms with Crippen molar-refractivity contribution in [3.8, 4) is 0 Å². The molecule has 2 heterocycles. The Labute approximate surface area is 150 Å². The summed E-state index contributed by atoms with van der Waals surface area (Å²) in [6.45, 7) is 9.37. The van der Waals surface area contributed by atoms with Gasteiger partial charge < -0.3 is 15.3 Å². The van der Waals surface area contributed by atoms with Crippen LogP contribution < -0.4 is 10.2 Å². The Morgan fingerprint density at radius 3 is 2.48 bits per heavy atom. The average Bonchev–Trinajstić information content (AvgIpc) is 3.02. The number of nitrogens with zero attached hydrogens (tertiary/aromatic N) is 3. The fourth-order valence-electron chi connectivity index (χ4n) is 3.34. The van der Waals surface area contributed by atoms with Crippen molar-refractivity contribution in [2.24, 2.45) is 5.92 Å². The normalized spacial score (nSPS) is 17.1. The molecule has 2 N–H and O–H groups in total. The van der Waals surface area contributed by atoms with Crippen molar-refractivity contribution in [3.05, 3.63) is 42.2 Å². The number of aromatic nitrogens is 2. The average molecular weight is 342 g/mol. The second kappa shape index (κ2) is 7.91. The molecule has 25 heavy (non-hydrogen) atoms. The van der Waals surface area contributed by atoms with Gasteiger partial charge >= 0.3 is 0 Å². The van der Waals surface area contributed by atoms with E-state index < -0.39 is 0 Å². The summed E-state index contributed by atoms with van der Waals surface area (Å²) >= 11 is 0. The number of hydrogen-bond donors (Lipinski definition) is 2. The molecule has 5 heteroatoms. The zero-order valence-electron chi connectivity index (χ0n) is 15.5. The molecule has 1 unspecified atom stereocenters. The van der Waals surface area contributed by atoms with Crippen molar-refractivity contribution in [2.45, 2.75) is 52.3 Å². The standard InChI is InChI=1S/C20H30N4O/c1-15(2)13-24-14-18(12-21-24)22-16(3)17-4-6-19(7-5-17)23-10-8-20(25)9-11-23/h4-7,12,14-16,20,22,25H,8-11,13H2,1-3H3. The van der Waals surface area contributed by atoms with Crippen molar-refractivity contribution >= 4 is 11.4 Å². The zero-order valence-corrected chi connectivity index (χ0v) is 15.5. The van der Waals surface area contributed by atoms with Gasteiger partial charge in [-0.1, -0.05) is 26.0 Å². The van der Waals surface area contributed by atoms with E-state index >= 15 is 0 Å². The first-order chi connectivity index (χ1) is 12.0. The molecule has 1 aliphatic heterocycles. The van der Waals surface area contributed by atoms with Gasteiger partial charge in [0.05, 0.1) is 18.0 Å². The van der Waals surface area contributed by atoms with Gasteiger partial charge in [0.15, 0.2) is 0 Å². The van der Waals surface area contributed by atoms with Crippen molar-refractivity contribution < 1.29 is 5.11 Å². The molecule has 3 rings (SSSR count). The molecular formula is C20H30N4O. The van der Waals surface area contributed by atoms with Crippen LogP contribution in [0.3, 0.4) is 0 Å². The first-order valence-electron chi connectivity index (χ1n) is 9.33. The lowest BCUT2D eigenvalue weighted by atomic mass is 10.0. The van der Waals surface area contributed by atoms with Crippen molar-refractivity contribution in [2.75, 3.05) is 23.3 Å². The van der Waals surface area contributed by atoms with Crippen LogP contribution in [0.1, 0.15) is 45.2 Å². The summed E-state index contributed by atoms with van der Waals surface area (Å²) in [6.07, 6.45) is 5.56. The molecule has 1 saturated heterocycles. The number of hydrogen-bond acceptors (Lipinski definition) is 4. The Morgan fingerprint density at radius 1 is 1.16 bits per heavy atom. The fourth-order valence-corrected chi connectivity index (χ4v) is 3.34. The lowest BCUT2D eigenvalue weighted by Crippen LogP contribution is -2.35. The Bertz CT molecular complexity index is 657. The van der Waals surface area contributed by atoms with Crippen molar-refractivity contribution in [1.29, 1.82) is 0 Å². The molecular weight excluding hydrogens is 312 g/mol. The van der Waals surface area contributed by atoms with E-state index in [0.29, 0.717) is 5.92 Å². The van der Waals surface area contributed by atoms with Gasteiger partial charge in [-0.15, -0.1) is 0 Å². The predicted octanol–water partition coefficient (Wildman–Crippen LogP) is 3.67. The first-order valence-corrected chi connectivity index (χ1v) is 9.33. The highest BCUT2D eigenvalue weighted by molar-refractivity contribution is 5.49. The third kappa shape index (κ3) is 4.75. The second-order valence-electron chi connectivity index (χ2n) is 7.52. The Morgan fingerprint density at radius 2 is 1.84 bits per heavy atom. The maximum Gasteiger partial charge on any atom is 0.0731 e. The van der Waals surface area contributed by atoms with Crippen LogP contribution in [0.15, 0.2) is 36.7 Å². The molecule has 1 aromatic carbocycles. The molecule has 0 spiro atoms. The summed E-state index contributed by atoms with van der Waals surface area (Å²) < 4.78 is 1.99. The molecule has 0 radical (unpaired) electrons. The van der Waals surface area contributed by atoms with E-state index in [1.807, 2.05) is 10.9 Å².